The van der Waals surface area contributed by atoms with Crippen LogP contribution in [0, 0.1) is 6.92 Å². The van der Waals surface area contributed by atoms with E-state index in [1.165, 1.54) is 33.8 Å². The molecule has 0 saturated carbocycles. The van der Waals surface area contributed by atoms with E-state index < -0.39 is 15.9 Å². The average molecular weight is 431 g/mol. The maximum atomic E-state index is 13.1. The predicted molar refractivity (Wildman–Crippen MR) is 103 cm³/mol. The van der Waals surface area contributed by atoms with Gasteiger partial charge in [0.05, 0.1) is 17.2 Å². The number of sulfonamides is 1. The summed E-state index contributed by atoms with van der Waals surface area (Å²) in [6.07, 6.45) is -0.455. The smallest absolute Gasteiger partial charge is 0.257 e. The summed E-state index contributed by atoms with van der Waals surface area (Å²) in [4.78, 5) is 12.3. The van der Waals surface area contributed by atoms with Crippen LogP contribution in [0.3, 0.4) is 0 Å². The van der Waals surface area contributed by atoms with Crippen LogP contribution in [0.15, 0.2) is 23.1 Å². The second kappa shape index (κ2) is 7.80. The normalized spacial score (nSPS) is 21.2. The third-order valence-electron chi connectivity index (χ3n) is 3.94. The van der Waals surface area contributed by atoms with Crippen molar-refractivity contribution in [3.05, 3.63) is 33.8 Å². The number of aromatic nitrogens is 2. The van der Waals surface area contributed by atoms with Crippen molar-refractivity contribution < 1.29 is 17.9 Å². The van der Waals surface area contributed by atoms with Crippen molar-refractivity contribution in [1.29, 1.82) is 0 Å². The number of morpholine rings is 1. The number of hydrogen-bond donors (Lipinski definition) is 1. The van der Waals surface area contributed by atoms with Crippen molar-refractivity contribution in [2.24, 2.45) is 0 Å². The molecule has 2 heterocycles. The molecule has 1 saturated heterocycles. The second-order valence-corrected chi connectivity index (χ2v) is 9.80. The first-order chi connectivity index (χ1) is 12.7. The zero-order valence-corrected chi connectivity index (χ0v) is 17.4. The third kappa shape index (κ3) is 4.46. The summed E-state index contributed by atoms with van der Waals surface area (Å²) in [6.45, 7) is 5.85. The van der Waals surface area contributed by atoms with Crippen LogP contribution in [0.4, 0.5) is 5.13 Å². The fraction of sp³-hybridized carbons (Fsp3) is 0.438. The van der Waals surface area contributed by atoms with Gasteiger partial charge in [-0.15, -0.1) is 10.2 Å². The fourth-order valence-corrected chi connectivity index (χ4v) is 5.50. The molecule has 3 rings (SSSR count). The van der Waals surface area contributed by atoms with Gasteiger partial charge in [-0.3, -0.25) is 10.1 Å². The lowest BCUT2D eigenvalue weighted by Gasteiger charge is -2.34. The van der Waals surface area contributed by atoms with E-state index in [1.807, 2.05) is 13.8 Å². The highest BCUT2D eigenvalue weighted by Crippen LogP contribution is 2.28. The van der Waals surface area contributed by atoms with Gasteiger partial charge in [0.1, 0.15) is 9.90 Å². The molecule has 1 aromatic carbocycles. The molecule has 1 fully saturated rings. The molecule has 27 heavy (non-hydrogen) atoms. The molecule has 1 aliphatic heterocycles. The molecular weight excluding hydrogens is 412 g/mol. The zero-order chi connectivity index (χ0) is 19.8. The summed E-state index contributed by atoms with van der Waals surface area (Å²) in [6, 6.07) is 4.16. The number of carbonyl (C=O) groups excluding carboxylic acids is 1. The monoisotopic (exact) mass is 430 g/mol. The van der Waals surface area contributed by atoms with Crippen molar-refractivity contribution in [2.75, 3.05) is 18.4 Å². The average Bonchev–Trinajstić information content (AvgIpc) is 2.99. The number of nitrogens with zero attached hydrogens (tertiary/aromatic N) is 3. The van der Waals surface area contributed by atoms with E-state index >= 15 is 0 Å². The Morgan fingerprint density at radius 3 is 2.56 bits per heavy atom. The van der Waals surface area contributed by atoms with Crippen molar-refractivity contribution in [3.63, 3.8) is 0 Å². The molecule has 146 valence electrons. The molecule has 2 atom stereocenters. The SMILES string of the molecule is Cc1nnc(NC(=O)c2ccc(Cl)c(S(=O)(=O)N3CC(C)OC(C)C3)c2)s1. The number of nitrogens with one attached hydrogen (secondary N) is 1. The molecule has 0 spiro atoms. The molecule has 1 aromatic heterocycles. The maximum Gasteiger partial charge on any atom is 0.257 e. The summed E-state index contributed by atoms with van der Waals surface area (Å²) < 4.78 is 33.1. The lowest BCUT2D eigenvalue weighted by molar-refractivity contribution is -0.0440. The van der Waals surface area contributed by atoms with Crippen molar-refractivity contribution in [1.82, 2.24) is 14.5 Å². The number of rotatable bonds is 4. The first-order valence-electron chi connectivity index (χ1n) is 8.23. The van der Waals surface area contributed by atoms with E-state index in [2.05, 4.69) is 15.5 Å². The van der Waals surface area contributed by atoms with Gasteiger partial charge in [-0.1, -0.05) is 22.9 Å². The molecule has 2 unspecified atom stereocenters. The van der Waals surface area contributed by atoms with Crippen molar-refractivity contribution in [3.8, 4) is 0 Å². The Morgan fingerprint density at radius 1 is 1.30 bits per heavy atom. The standard InChI is InChI=1S/C16H19ClN4O4S2/c1-9-7-21(8-10(2)25-9)27(23,24)14-6-12(4-5-13(14)17)15(22)18-16-20-19-11(3)26-16/h4-6,9-10H,7-8H2,1-3H3,(H,18,20,22). The van der Waals surface area contributed by atoms with Crippen LogP contribution in [-0.4, -0.2) is 54.1 Å². The molecule has 1 aliphatic rings. The molecule has 11 heteroatoms. The number of halogens is 1. The van der Waals surface area contributed by atoms with Crippen LogP contribution in [0.5, 0.6) is 0 Å². The van der Waals surface area contributed by atoms with Crippen molar-refractivity contribution >= 4 is 44.0 Å². The van der Waals surface area contributed by atoms with Crippen LogP contribution in [0.1, 0.15) is 29.2 Å². The van der Waals surface area contributed by atoms with Crippen LogP contribution in [0.2, 0.25) is 5.02 Å². The summed E-state index contributed by atoms with van der Waals surface area (Å²) in [5.74, 6) is -0.483. The van der Waals surface area contributed by atoms with E-state index in [4.69, 9.17) is 16.3 Å². The number of amides is 1. The minimum absolute atomic E-state index is 0.0603. The Hall–Kier alpha value is -1.59. The Bertz CT molecular complexity index is 953. The van der Waals surface area contributed by atoms with Gasteiger partial charge >= 0.3 is 0 Å². The molecule has 1 N–H and O–H groups in total. The number of anilines is 1. The highest BCUT2D eigenvalue weighted by atomic mass is 35.5. The van der Waals surface area contributed by atoms with E-state index in [-0.39, 0.29) is 40.8 Å². The van der Waals surface area contributed by atoms with Crippen molar-refractivity contribution in [2.45, 2.75) is 37.9 Å². The number of aryl methyl sites for hydroxylation is 1. The largest absolute Gasteiger partial charge is 0.373 e. The van der Waals surface area contributed by atoms with Crippen LogP contribution in [-0.2, 0) is 14.8 Å². The molecule has 0 aliphatic carbocycles. The van der Waals surface area contributed by atoms with Gasteiger partial charge in [0.25, 0.3) is 5.91 Å². The molecule has 0 radical (unpaired) electrons. The lowest BCUT2D eigenvalue weighted by atomic mass is 10.2. The predicted octanol–water partition coefficient (Wildman–Crippen LogP) is 2.55. The Labute approximate surface area is 166 Å². The Kier molecular flexibility index (Phi) is 5.82. The molecular formula is C16H19ClN4O4S2. The van der Waals surface area contributed by atoms with E-state index in [0.717, 1.165) is 0 Å². The summed E-state index contributed by atoms with van der Waals surface area (Å²) in [5.41, 5.74) is 0.167. The van der Waals surface area contributed by atoms with Gasteiger partial charge in [-0.05, 0) is 39.0 Å². The number of hydrogen-bond acceptors (Lipinski definition) is 7. The highest BCUT2D eigenvalue weighted by Gasteiger charge is 2.33. The minimum Gasteiger partial charge on any atom is -0.373 e. The topological polar surface area (TPSA) is 101 Å². The van der Waals surface area contributed by atoms with E-state index in [9.17, 15) is 13.2 Å². The summed E-state index contributed by atoms with van der Waals surface area (Å²) in [7, 11) is -3.87. The minimum atomic E-state index is -3.87. The maximum absolute atomic E-state index is 13.1. The van der Waals surface area contributed by atoms with Gasteiger partial charge in [-0.25, -0.2) is 8.42 Å². The van der Waals surface area contributed by atoms with Crippen LogP contribution < -0.4 is 5.32 Å². The van der Waals surface area contributed by atoms with E-state index in [1.54, 1.807) is 6.92 Å². The first kappa shape index (κ1) is 20.2. The fourth-order valence-electron chi connectivity index (χ4n) is 2.82. The zero-order valence-electron chi connectivity index (χ0n) is 15.0. The van der Waals surface area contributed by atoms with Gasteiger partial charge in [0.2, 0.25) is 15.2 Å². The first-order valence-corrected chi connectivity index (χ1v) is 10.9. The summed E-state index contributed by atoms with van der Waals surface area (Å²) >= 11 is 7.38. The van der Waals surface area contributed by atoms with Crippen LogP contribution >= 0.6 is 22.9 Å². The molecule has 8 nitrogen and oxygen atoms in total. The number of carbonyl (C=O) groups is 1. The van der Waals surface area contributed by atoms with Gasteiger partial charge in [-0.2, -0.15) is 4.31 Å². The quantitative estimate of drug-likeness (QED) is 0.799. The third-order valence-corrected chi connectivity index (χ3v) is 7.01. The summed E-state index contributed by atoms with van der Waals surface area (Å²) in [5, 5.41) is 11.4. The second-order valence-electron chi connectivity index (χ2n) is 6.30. The molecule has 0 bridgehead atoms. The van der Waals surface area contributed by atoms with Crippen LogP contribution in [0.25, 0.3) is 0 Å². The van der Waals surface area contributed by atoms with Gasteiger partial charge in [0.15, 0.2) is 0 Å². The van der Waals surface area contributed by atoms with Gasteiger partial charge in [0, 0.05) is 18.7 Å². The Morgan fingerprint density at radius 2 is 1.96 bits per heavy atom. The van der Waals surface area contributed by atoms with E-state index in [0.29, 0.717) is 10.1 Å². The number of ether oxygens (including phenoxy) is 1. The highest BCUT2D eigenvalue weighted by molar-refractivity contribution is 7.89. The van der Waals surface area contributed by atoms with Gasteiger partial charge < -0.3 is 4.74 Å². The number of benzene rings is 1. The lowest BCUT2D eigenvalue weighted by Crippen LogP contribution is -2.48. The molecule has 1 amide bonds. The Balaban J connectivity index is 1.89. The molecule has 2 aromatic rings.